The van der Waals surface area contributed by atoms with Crippen molar-refractivity contribution in [3.63, 3.8) is 0 Å². The summed E-state index contributed by atoms with van der Waals surface area (Å²) >= 11 is 0. The van der Waals surface area contributed by atoms with Gasteiger partial charge in [-0.15, -0.1) is 0 Å². The number of hydrogen-bond donors (Lipinski definition) is 2. The van der Waals surface area contributed by atoms with Crippen LogP contribution < -0.4 is 11.1 Å². The molecule has 0 bridgehead atoms. The van der Waals surface area contributed by atoms with Gasteiger partial charge in [0, 0.05) is 25.6 Å². The van der Waals surface area contributed by atoms with Crippen LogP contribution in [0.15, 0.2) is 48.5 Å². The fraction of sp³-hybridized carbons (Fsp3) is 0.417. The molecule has 0 saturated carbocycles. The van der Waals surface area contributed by atoms with Gasteiger partial charge in [-0.3, -0.25) is 4.79 Å². The van der Waals surface area contributed by atoms with Crippen molar-refractivity contribution in [1.82, 2.24) is 10.2 Å². The van der Waals surface area contributed by atoms with Crippen LogP contribution in [-0.4, -0.2) is 49.7 Å². The third-order valence-corrected chi connectivity index (χ3v) is 6.07. The Balaban J connectivity index is 1.37. The second kappa shape index (κ2) is 9.30. The third-order valence-electron chi connectivity index (χ3n) is 6.07. The Morgan fingerprint density at radius 3 is 2.40 bits per heavy atom. The number of hydrogen-bond acceptors (Lipinski definition) is 4. The Morgan fingerprint density at radius 2 is 1.73 bits per heavy atom. The number of piperidine rings is 1. The largest absolute Gasteiger partial charge is 0.448 e. The van der Waals surface area contributed by atoms with Crippen LogP contribution in [0.1, 0.15) is 36.3 Å². The molecule has 1 saturated heterocycles. The molecule has 2 aromatic rings. The standard InChI is InChI=1S/C24H29N3O3/c25-12-6-13-26-23(28)17-7-5-14-27(15-17)24(29)30-16-22-20-10-3-1-8-18(20)19-9-2-4-11-21(19)22/h1-4,8-11,17,22H,5-7,12-16,25H2,(H,26,28). The number of nitrogens with two attached hydrogens (primary N) is 1. The SMILES string of the molecule is NCCCNC(=O)C1CCCN(C(=O)OCC2c3ccccc3-c3ccccc32)C1. The number of carbonyl (C=O) groups is 2. The van der Waals surface area contributed by atoms with Crippen LogP contribution in [0.25, 0.3) is 11.1 Å². The molecule has 6 heteroatoms. The lowest BCUT2D eigenvalue weighted by Gasteiger charge is -2.31. The van der Waals surface area contributed by atoms with Gasteiger partial charge in [0.25, 0.3) is 0 Å². The summed E-state index contributed by atoms with van der Waals surface area (Å²) < 4.78 is 5.74. The average molecular weight is 408 g/mol. The Kier molecular flexibility index (Phi) is 6.33. The molecule has 1 fully saturated rings. The topological polar surface area (TPSA) is 84.7 Å². The van der Waals surface area contributed by atoms with Gasteiger partial charge in [0.15, 0.2) is 0 Å². The maximum absolute atomic E-state index is 12.8. The van der Waals surface area contributed by atoms with Gasteiger partial charge in [0.1, 0.15) is 6.61 Å². The van der Waals surface area contributed by atoms with Crippen LogP contribution >= 0.6 is 0 Å². The van der Waals surface area contributed by atoms with E-state index in [2.05, 4.69) is 29.6 Å². The quantitative estimate of drug-likeness (QED) is 0.721. The monoisotopic (exact) mass is 407 g/mol. The van der Waals surface area contributed by atoms with Crippen molar-refractivity contribution in [2.45, 2.75) is 25.2 Å². The Labute approximate surface area is 177 Å². The number of carbonyl (C=O) groups excluding carboxylic acids is 2. The first kappa shape index (κ1) is 20.4. The minimum absolute atomic E-state index is 0.000373. The molecular weight excluding hydrogens is 378 g/mol. The van der Waals surface area contributed by atoms with Crippen LogP contribution in [-0.2, 0) is 9.53 Å². The number of likely N-dealkylation sites (tertiary alicyclic amines) is 1. The summed E-state index contributed by atoms with van der Waals surface area (Å²) in [6.45, 7) is 2.47. The Hall–Kier alpha value is -2.86. The van der Waals surface area contributed by atoms with Gasteiger partial charge in [0.05, 0.1) is 5.92 Å². The van der Waals surface area contributed by atoms with E-state index in [0.29, 0.717) is 32.8 Å². The molecule has 0 aromatic heterocycles. The maximum atomic E-state index is 12.8. The van der Waals surface area contributed by atoms with Gasteiger partial charge in [-0.1, -0.05) is 48.5 Å². The molecule has 30 heavy (non-hydrogen) atoms. The summed E-state index contributed by atoms with van der Waals surface area (Å²) in [5.74, 6) is -0.141. The van der Waals surface area contributed by atoms with E-state index in [1.54, 1.807) is 4.90 Å². The van der Waals surface area contributed by atoms with E-state index in [4.69, 9.17) is 10.5 Å². The van der Waals surface area contributed by atoms with E-state index >= 15 is 0 Å². The second-order valence-corrected chi connectivity index (χ2v) is 8.02. The third kappa shape index (κ3) is 4.19. The molecule has 4 rings (SSSR count). The van der Waals surface area contributed by atoms with Crippen LogP contribution in [0.3, 0.4) is 0 Å². The Bertz CT molecular complexity index is 869. The molecule has 0 radical (unpaired) electrons. The van der Waals surface area contributed by atoms with E-state index in [1.807, 2.05) is 24.3 Å². The second-order valence-electron chi connectivity index (χ2n) is 8.02. The zero-order chi connectivity index (χ0) is 20.9. The van der Waals surface area contributed by atoms with Gasteiger partial charge >= 0.3 is 6.09 Å². The number of ether oxygens (including phenoxy) is 1. The first-order valence-corrected chi connectivity index (χ1v) is 10.8. The van der Waals surface area contributed by atoms with Crippen molar-refractivity contribution in [2.24, 2.45) is 11.7 Å². The normalized spacial score (nSPS) is 17.9. The molecular formula is C24H29N3O3. The Morgan fingerprint density at radius 1 is 1.07 bits per heavy atom. The molecule has 6 nitrogen and oxygen atoms in total. The smallest absolute Gasteiger partial charge is 0.409 e. The van der Waals surface area contributed by atoms with E-state index < -0.39 is 0 Å². The molecule has 1 atom stereocenters. The fourth-order valence-corrected chi connectivity index (χ4v) is 4.50. The summed E-state index contributed by atoms with van der Waals surface area (Å²) in [4.78, 5) is 26.8. The summed E-state index contributed by atoms with van der Waals surface area (Å²) in [7, 11) is 0. The van der Waals surface area contributed by atoms with Crippen molar-refractivity contribution in [3.8, 4) is 11.1 Å². The molecule has 1 unspecified atom stereocenters. The number of benzene rings is 2. The summed E-state index contributed by atoms with van der Waals surface area (Å²) in [6, 6.07) is 16.6. The van der Waals surface area contributed by atoms with Gasteiger partial charge in [-0.2, -0.15) is 0 Å². The molecule has 2 amide bonds. The van der Waals surface area contributed by atoms with Crippen molar-refractivity contribution < 1.29 is 14.3 Å². The highest BCUT2D eigenvalue weighted by atomic mass is 16.6. The number of nitrogens with one attached hydrogen (secondary N) is 1. The van der Waals surface area contributed by atoms with Crippen LogP contribution in [0.5, 0.6) is 0 Å². The minimum Gasteiger partial charge on any atom is -0.448 e. The zero-order valence-electron chi connectivity index (χ0n) is 17.2. The highest BCUT2D eigenvalue weighted by Crippen LogP contribution is 2.44. The van der Waals surface area contributed by atoms with Crippen molar-refractivity contribution in [3.05, 3.63) is 59.7 Å². The lowest BCUT2D eigenvalue weighted by Crippen LogP contribution is -2.46. The first-order chi connectivity index (χ1) is 14.7. The number of nitrogens with zero attached hydrogens (tertiary/aromatic N) is 1. The zero-order valence-corrected chi connectivity index (χ0v) is 17.2. The number of fused-ring (bicyclic) bond motifs is 3. The van der Waals surface area contributed by atoms with Crippen molar-refractivity contribution in [1.29, 1.82) is 0 Å². The lowest BCUT2D eigenvalue weighted by atomic mass is 9.97. The van der Waals surface area contributed by atoms with Gasteiger partial charge in [-0.05, 0) is 48.1 Å². The number of rotatable bonds is 6. The molecule has 1 aliphatic heterocycles. The highest BCUT2D eigenvalue weighted by Gasteiger charge is 2.32. The molecule has 1 heterocycles. The predicted molar refractivity (Wildman–Crippen MR) is 116 cm³/mol. The minimum atomic E-state index is -0.337. The van der Waals surface area contributed by atoms with Crippen LogP contribution in [0, 0.1) is 5.92 Å². The summed E-state index contributed by atoms with van der Waals surface area (Å²) in [5.41, 5.74) is 10.3. The van der Waals surface area contributed by atoms with Crippen molar-refractivity contribution in [2.75, 3.05) is 32.8 Å². The van der Waals surface area contributed by atoms with Gasteiger partial charge in [0.2, 0.25) is 5.91 Å². The molecule has 3 N–H and O–H groups in total. The first-order valence-electron chi connectivity index (χ1n) is 10.8. The molecule has 2 aromatic carbocycles. The number of amides is 2. The van der Waals surface area contributed by atoms with E-state index in [0.717, 1.165) is 19.3 Å². The molecule has 158 valence electrons. The molecule has 2 aliphatic rings. The summed E-state index contributed by atoms with van der Waals surface area (Å²) in [6.07, 6.45) is 2.02. The highest BCUT2D eigenvalue weighted by molar-refractivity contribution is 5.80. The van der Waals surface area contributed by atoms with Gasteiger partial charge < -0.3 is 20.7 Å². The average Bonchev–Trinajstić information content (AvgIpc) is 3.11. The van der Waals surface area contributed by atoms with E-state index in [-0.39, 0.29) is 23.8 Å². The van der Waals surface area contributed by atoms with Crippen molar-refractivity contribution >= 4 is 12.0 Å². The molecule has 1 aliphatic carbocycles. The van der Waals surface area contributed by atoms with E-state index in [1.165, 1.54) is 22.3 Å². The van der Waals surface area contributed by atoms with E-state index in [9.17, 15) is 9.59 Å². The predicted octanol–water partition coefficient (Wildman–Crippen LogP) is 3.11. The van der Waals surface area contributed by atoms with Crippen LogP contribution in [0.2, 0.25) is 0 Å². The lowest BCUT2D eigenvalue weighted by molar-refractivity contribution is -0.126. The van der Waals surface area contributed by atoms with Crippen LogP contribution in [0.4, 0.5) is 4.79 Å². The fourth-order valence-electron chi connectivity index (χ4n) is 4.50. The molecule has 0 spiro atoms. The summed E-state index contributed by atoms with van der Waals surface area (Å²) in [5, 5.41) is 2.91. The van der Waals surface area contributed by atoms with Gasteiger partial charge in [-0.25, -0.2) is 4.79 Å². The maximum Gasteiger partial charge on any atom is 0.409 e.